The van der Waals surface area contributed by atoms with Gasteiger partial charge in [-0.1, -0.05) is 26.7 Å². The normalized spacial score (nSPS) is 37.7. The molecule has 0 radical (unpaired) electrons. The van der Waals surface area contributed by atoms with Crippen molar-refractivity contribution in [3.05, 3.63) is 0 Å². The van der Waals surface area contributed by atoms with Gasteiger partial charge in [0.15, 0.2) is 5.96 Å². The smallest absolute Gasteiger partial charge is 0.189 e. The predicted octanol–water partition coefficient (Wildman–Crippen LogP) is 1.88. The lowest BCUT2D eigenvalue weighted by Gasteiger charge is -2.31. The number of guanidine groups is 1. The van der Waals surface area contributed by atoms with E-state index in [4.69, 9.17) is 5.73 Å². The standard InChI is InChI=1S/C12H23N3/c1-8-4-3-5-11(9(8)2)15-12(13)14-10-6-7-10/h8-11H,3-7H2,1-2H3,(H3,13,14,15). The van der Waals surface area contributed by atoms with Crippen molar-refractivity contribution >= 4 is 5.96 Å². The van der Waals surface area contributed by atoms with Crippen LogP contribution in [0.2, 0.25) is 0 Å². The molecule has 2 fully saturated rings. The van der Waals surface area contributed by atoms with E-state index in [2.05, 4.69) is 24.2 Å². The van der Waals surface area contributed by atoms with Crippen molar-refractivity contribution in [3.63, 3.8) is 0 Å². The van der Waals surface area contributed by atoms with Crippen molar-refractivity contribution in [2.45, 2.75) is 58.0 Å². The molecule has 0 bridgehead atoms. The lowest BCUT2D eigenvalue weighted by Crippen LogP contribution is -2.37. The monoisotopic (exact) mass is 209 g/mol. The number of hydrogen-bond acceptors (Lipinski definition) is 1. The molecule has 3 heteroatoms. The molecule has 3 N–H and O–H groups in total. The van der Waals surface area contributed by atoms with Crippen LogP contribution in [0.25, 0.3) is 0 Å². The Labute approximate surface area is 92.5 Å². The third kappa shape index (κ3) is 2.86. The van der Waals surface area contributed by atoms with Gasteiger partial charge in [-0.3, -0.25) is 0 Å². The van der Waals surface area contributed by atoms with Crippen molar-refractivity contribution in [2.75, 3.05) is 0 Å². The molecule has 0 spiro atoms. The lowest BCUT2D eigenvalue weighted by molar-refractivity contribution is 0.241. The first-order chi connectivity index (χ1) is 7.16. The molecule has 2 aliphatic carbocycles. The average molecular weight is 209 g/mol. The molecule has 3 nitrogen and oxygen atoms in total. The Hall–Kier alpha value is -0.730. The van der Waals surface area contributed by atoms with E-state index in [1.807, 2.05) is 0 Å². The highest BCUT2D eigenvalue weighted by Crippen LogP contribution is 2.31. The molecule has 2 rings (SSSR count). The molecule has 3 unspecified atom stereocenters. The molecule has 0 heterocycles. The van der Waals surface area contributed by atoms with Gasteiger partial charge in [0, 0.05) is 6.04 Å². The second kappa shape index (κ2) is 4.42. The van der Waals surface area contributed by atoms with Crippen molar-refractivity contribution in [1.29, 1.82) is 0 Å². The Kier molecular flexibility index (Phi) is 3.17. The minimum absolute atomic E-state index is 0.444. The van der Waals surface area contributed by atoms with Gasteiger partial charge in [0.05, 0.1) is 6.04 Å². The van der Waals surface area contributed by atoms with Crippen molar-refractivity contribution in [3.8, 4) is 0 Å². The zero-order chi connectivity index (χ0) is 10.8. The number of nitrogens with zero attached hydrogens (tertiary/aromatic N) is 1. The van der Waals surface area contributed by atoms with E-state index >= 15 is 0 Å². The number of hydrogen-bond donors (Lipinski definition) is 2. The summed E-state index contributed by atoms with van der Waals surface area (Å²) in [6.07, 6.45) is 6.37. The summed E-state index contributed by atoms with van der Waals surface area (Å²) in [7, 11) is 0. The first-order valence-corrected chi connectivity index (χ1v) is 6.26. The van der Waals surface area contributed by atoms with E-state index in [1.54, 1.807) is 0 Å². The van der Waals surface area contributed by atoms with Crippen LogP contribution in [0.4, 0.5) is 0 Å². The highest BCUT2D eigenvalue weighted by Gasteiger charge is 2.27. The highest BCUT2D eigenvalue weighted by molar-refractivity contribution is 5.78. The molecule has 0 amide bonds. The summed E-state index contributed by atoms with van der Waals surface area (Å²) in [6.45, 7) is 4.64. The molecule has 2 aliphatic rings. The average Bonchev–Trinajstić information content (AvgIpc) is 2.97. The largest absolute Gasteiger partial charge is 0.370 e. The topological polar surface area (TPSA) is 50.4 Å². The fourth-order valence-corrected chi connectivity index (χ4v) is 2.39. The van der Waals surface area contributed by atoms with E-state index in [9.17, 15) is 0 Å². The van der Waals surface area contributed by atoms with Crippen LogP contribution in [0.15, 0.2) is 4.99 Å². The van der Waals surface area contributed by atoms with Gasteiger partial charge in [-0.15, -0.1) is 0 Å². The Morgan fingerprint density at radius 3 is 2.60 bits per heavy atom. The molecular formula is C12H23N3. The molecule has 86 valence electrons. The first kappa shape index (κ1) is 10.8. The van der Waals surface area contributed by atoms with Crippen LogP contribution in [0.5, 0.6) is 0 Å². The number of nitrogens with two attached hydrogens (primary N) is 1. The number of nitrogens with one attached hydrogen (secondary N) is 1. The fraction of sp³-hybridized carbons (Fsp3) is 0.917. The van der Waals surface area contributed by atoms with Crippen LogP contribution >= 0.6 is 0 Å². The summed E-state index contributed by atoms with van der Waals surface area (Å²) in [6, 6.07) is 1.06. The maximum atomic E-state index is 5.89. The Morgan fingerprint density at radius 2 is 1.93 bits per heavy atom. The van der Waals surface area contributed by atoms with Gasteiger partial charge >= 0.3 is 0 Å². The van der Waals surface area contributed by atoms with Gasteiger partial charge in [-0.25, -0.2) is 4.99 Å². The van der Waals surface area contributed by atoms with Crippen molar-refractivity contribution < 1.29 is 0 Å². The minimum Gasteiger partial charge on any atom is -0.370 e. The van der Waals surface area contributed by atoms with Crippen LogP contribution in [0.3, 0.4) is 0 Å². The zero-order valence-electron chi connectivity index (χ0n) is 9.87. The molecule has 3 atom stereocenters. The van der Waals surface area contributed by atoms with Gasteiger partial charge in [0.25, 0.3) is 0 Å². The van der Waals surface area contributed by atoms with E-state index < -0.39 is 0 Å². The molecule has 15 heavy (non-hydrogen) atoms. The SMILES string of the molecule is CC1CCCC(N=C(N)NC2CC2)C1C. The van der Waals surface area contributed by atoms with Crippen LogP contribution in [0, 0.1) is 11.8 Å². The fourth-order valence-electron chi connectivity index (χ4n) is 2.39. The molecule has 0 aromatic rings. The first-order valence-electron chi connectivity index (χ1n) is 6.26. The third-order valence-corrected chi connectivity index (χ3v) is 3.90. The van der Waals surface area contributed by atoms with Crippen LogP contribution in [-0.2, 0) is 0 Å². The number of aliphatic imine (C=N–C) groups is 1. The van der Waals surface area contributed by atoms with E-state index in [0.29, 0.717) is 24.0 Å². The van der Waals surface area contributed by atoms with E-state index in [-0.39, 0.29) is 0 Å². The number of rotatable bonds is 2. The Balaban J connectivity index is 1.90. The molecular weight excluding hydrogens is 186 g/mol. The zero-order valence-corrected chi connectivity index (χ0v) is 9.87. The summed E-state index contributed by atoms with van der Waals surface area (Å²) in [5.74, 6) is 2.14. The summed E-state index contributed by atoms with van der Waals surface area (Å²) in [5.41, 5.74) is 5.89. The van der Waals surface area contributed by atoms with Gasteiger partial charge in [-0.2, -0.15) is 0 Å². The second-order valence-corrected chi connectivity index (χ2v) is 5.27. The van der Waals surface area contributed by atoms with E-state index in [1.165, 1.54) is 32.1 Å². The molecule has 2 saturated carbocycles. The summed E-state index contributed by atoms with van der Waals surface area (Å²) in [4.78, 5) is 4.63. The van der Waals surface area contributed by atoms with Gasteiger partial charge in [-0.05, 0) is 31.1 Å². The van der Waals surface area contributed by atoms with E-state index in [0.717, 1.165) is 5.92 Å². The van der Waals surface area contributed by atoms with Gasteiger partial charge in [0.2, 0.25) is 0 Å². The van der Waals surface area contributed by atoms with Crippen molar-refractivity contribution in [2.24, 2.45) is 22.6 Å². The molecule has 0 aromatic carbocycles. The highest BCUT2D eigenvalue weighted by atomic mass is 15.1. The summed E-state index contributed by atoms with van der Waals surface area (Å²) < 4.78 is 0. The quantitative estimate of drug-likeness (QED) is 0.539. The van der Waals surface area contributed by atoms with Crippen molar-refractivity contribution in [1.82, 2.24) is 5.32 Å². The van der Waals surface area contributed by atoms with Crippen LogP contribution in [0.1, 0.15) is 46.0 Å². The maximum absolute atomic E-state index is 5.89. The van der Waals surface area contributed by atoms with Gasteiger partial charge < -0.3 is 11.1 Å². The summed E-state index contributed by atoms with van der Waals surface area (Å²) in [5, 5.41) is 3.26. The predicted molar refractivity (Wildman–Crippen MR) is 63.7 cm³/mol. The minimum atomic E-state index is 0.444. The lowest BCUT2D eigenvalue weighted by atomic mass is 9.78. The van der Waals surface area contributed by atoms with Crippen LogP contribution < -0.4 is 11.1 Å². The Bertz CT molecular complexity index is 245. The molecule has 0 aliphatic heterocycles. The van der Waals surface area contributed by atoms with Gasteiger partial charge in [0.1, 0.15) is 0 Å². The molecule has 0 saturated heterocycles. The Morgan fingerprint density at radius 1 is 1.20 bits per heavy atom. The molecule has 0 aromatic heterocycles. The third-order valence-electron chi connectivity index (χ3n) is 3.90. The second-order valence-electron chi connectivity index (χ2n) is 5.27. The van der Waals surface area contributed by atoms with Crippen LogP contribution in [-0.4, -0.2) is 18.0 Å². The summed E-state index contributed by atoms with van der Waals surface area (Å²) >= 11 is 0. The maximum Gasteiger partial charge on any atom is 0.189 e.